The largest absolute Gasteiger partial charge is 0.373 e. The van der Waals surface area contributed by atoms with E-state index in [1.807, 2.05) is 51.3 Å². The molecular weight excluding hydrogens is 316 g/mol. The lowest BCUT2D eigenvalue weighted by Crippen LogP contribution is -2.53. The summed E-state index contributed by atoms with van der Waals surface area (Å²) in [5.41, 5.74) is 7.20. The van der Waals surface area contributed by atoms with Crippen molar-refractivity contribution < 1.29 is 9.59 Å². The van der Waals surface area contributed by atoms with E-state index in [4.69, 9.17) is 5.73 Å². The molecule has 2 amide bonds. The van der Waals surface area contributed by atoms with Crippen LogP contribution in [0.3, 0.4) is 0 Å². The molecule has 0 spiro atoms. The molecule has 2 aliphatic heterocycles. The van der Waals surface area contributed by atoms with Gasteiger partial charge in [0.1, 0.15) is 18.1 Å². The SMILES string of the molecule is CC(C)(C)C(Nc1ccc(C2C=N2)cc1)C(=O)N1CCC[C@H]1C(N)=O. The summed E-state index contributed by atoms with van der Waals surface area (Å²) in [6.07, 6.45) is 3.36. The van der Waals surface area contributed by atoms with Gasteiger partial charge in [0.25, 0.3) is 0 Å². The number of carbonyl (C=O) groups is 2. The first-order valence-electron chi connectivity index (χ1n) is 8.77. The Morgan fingerprint density at radius 3 is 2.44 bits per heavy atom. The summed E-state index contributed by atoms with van der Waals surface area (Å²) in [5.74, 6) is -0.490. The Kier molecular flexibility index (Phi) is 4.54. The molecule has 1 fully saturated rings. The molecule has 3 rings (SSSR count). The Morgan fingerprint density at radius 1 is 1.28 bits per heavy atom. The second-order valence-electron chi connectivity index (χ2n) is 7.90. The molecule has 2 aliphatic rings. The maximum Gasteiger partial charge on any atom is 0.246 e. The third-order valence-corrected chi connectivity index (χ3v) is 4.84. The first kappa shape index (κ1) is 17.5. The second kappa shape index (κ2) is 6.50. The van der Waals surface area contributed by atoms with Crippen molar-refractivity contribution in [2.24, 2.45) is 16.1 Å². The van der Waals surface area contributed by atoms with Crippen LogP contribution in [0.2, 0.25) is 0 Å². The number of anilines is 1. The number of likely N-dealkylation sites (tertiary alicyclic amines) is 1. The Balaban J connectivity index is 1.77. The van der Waals surface area contributed by atoms with E-state index in [0.717, 1.165) is 17.7 Å². The third kappa shape index (κ3) is 3.83. The monoisotopic (exact) mass is 342 g/mol. The Hall–Kier alpha value is -2.37. The van der Waals surface area contributed by atoms with Crippen LogP contribution in [0.15, 0.2) is 29.3 Å². The van der Waals surface area contributed by atoms with E-state index in [1.54, 1.807) is 4.90 Å². The van der Waals surface area contributed by atoms with E-state index in [2.05, 4.69) is 10.3 Å². The van der Waals surface area contributed by atoms with Gasteiger partial charge in [0.05, 0.1) is 0 Å². The van der Waals surface area contributed by atoms with E-state index >= 15 is 0 Å². The van der Waals surface area contributed by atoms with Gasteiger partial charge >= 0.3 is 0 Å². The molecule has 134 valence electrons. The van der Waals surface area contributed by atoms with E-state index < -0.39 is 18.0 Å². The maximum atomic E-state index is 13.1. The van der Waals surface area contributed by atoms with Gasteiger partial charge < -0.3 is 16.0 Å². The van der Waals surface area contributed by atoms with Crippen molar-refractivity contribution in [2.45, 2.75) is 51.7 Å². The standard InChI is InChI=1S/C19H26N4O2/c1-19(2,3)16(18(25)23-10-4-5-15(23)17(20)24)22-13-8-6-12(7-9-13)14-11-21-14/h6-9,11,14-16,22H,4-5,10H2,1-3H3,(H2,20,24)/t14?,15-,16?/m0/s1. The molecule has 6 heteroatoms. The van der Waals surface area contributed by atoms with E-state index in [9.17, 15) is 9.59 Å². The Morgan fingerprint density at radius 2 is 1.92 bits per heavy atom. The molecule has 3 atom stereocenters. The maximum absolute atomic E-state index is 13.1. The minimum atomic E-state index is -0.492. The van der Waals surface area contributed by atoms with Gasteiger partial charge in [0.15, 0.2) is 0 Å². The van der Waals surface area contributed by atoms with Crippen LogP contribution >= 0.6 is 0 Å². The second-order valence-corrected chi connectivity index (χ2v) is 7.90. The van der Waals surface area contributed by atoms with Crippen LogP contribution in [0.4, 0.5) is 5.69 Å². The van der Waals surface area contributed by atoms with E-state index in [-0.39, 0.29) is 17.4 Å². The number of nitrogens with zero attached hydrogens (tertiary/aromatic N) is 2. The minimum Gasteiger partial charge on any atom is -0.373 e. The molecule has 0 saturated carbocycles. The van der Waals surface area contributed by atoms with Gasteiger partial charge in [0, 0.05) is 18.4 Å². The number of aliphatic imine (C=N–C) groups is 1. The van der Waals surface area contributed by atoms with E-state index in [0.29, 0.717) is 13.0 Å². The summed E-state index contributed by atoms with van der Waals surface area (Å²) in [5, 5.41) is 3.36. The molecule has 0 aliphatic carbocycles. The fourth-order valence-corrected chi connectivity index (χ4v) is 3.30. The highest BCUT2D eigenvalue weighted by atomic mass is 16.2. The molecule has 3 N–H and O–H groups in total. The average Bonchev–Trinajstić information content (AvgIpc) is 3.27. The van der Waals surface area contributed by atoms with Crippen LogP contribution in [-0.2, 0) is 9.59 Å². The number of hydrogen-bond donors (Lipinski definition) is 2. The number of nitrogens with two attached hydrogens (primary N) is 1. The molecule has 0 aromatic heterocycles. The van der Waals surface area contributed by atoms with Crippen molar-refractivity contribution in [2.75, 3.05) is 11.9 Å². The van der Waals surface area contributed by atoms with Crippen molar-refractivity contribution >= 4 is 23.7 Å². The summed E-state index contributed by atoms with van der Waals surface area (Å²) in [6.45, 7) is 6.64. The topological polar surface area (TPSA) is 87.8 Å². The number of primary amides is 1. The van der Waals surface area contributed by atoms with Crippen LogP contribution < -0.4 is 11.1 Å². The normalized spacial score (nSPS) is 23.4. The van der Waals surface area contributed by atoms with Gasteiger partial charge in [-0.15, -0.1) is 0 Å². The molecule has 0 bridgehead atoms. The number of benzene rings is 1. The molecule has 6 nitrogen and oxygen atoms in total. The molecule has 1 aromatic rings. The van der Waals surface area contributed by atoms with Gasteiger partial charge in [-0.25, -0.2) is 0 Å². The predicted octanol–water partition coefficient (Wildman–Crippen LogP) is 2.11. The fourth-order valence-electron chi connectivity index (χ4n) is 3.30. The van der Waals surface area contributed by atoms with Gasteiger partial charge in [-0.2, -0.15) is 0 Å². The summed E-state index contributed by atoms with van der Waals surface area (Å²) in [4.78, 5) is 30.6. The number of amides is 2. The molecule has 2 heterocycles. The smallest absolute Gasteiger partial charge is 0.246 e. The predicted molar refractivity (Wildman–Crippen MR) is 98.5 cm³/mol. The van der Waals surface area contributed by atoms with Crippen LogP contribution in [-0.4, -0.2) is 41.6 Å². The average molecular weight is 342 g/mol. The van der Waals surface area contributed by atoms with Crippen LogP contribution in [0, 0.1) is 5.41 Å². The number of rotatable bonds is 5. The minimum absolute atomic E-state index is 0.0663. The molecule has 1 saturated heterocycles. The number of carbonyl (C=O) groups excluding carboxylic acids is 2. The highest BCUT2D eigenvalue weighted by Crippen LogP contribution is 2.30. The highest BCUT2D eigenvalue weighted by molar-refractivity contribution is 5.91. The van der Waals surface area contributed by atoms with Gasteiger partial charge in [-0.1, -0.05) is 32.9 Å². The summed E-state index contributed by atoms with van der Waals surface area (Å²) >= 11 is 0. The molecular formula is C19H26N4O2. The van der Waals surface area contributed by atoms with Crippen molar-refractivity contribution in [3.05, 3.63) is 29.8 Å². The first-order valence-corrected chi connectivity index (χ1v) is 8.77. The molecule has 0 radical (unpaired) electrons. The van der Waals surface area contributed by atoms with Crippen LogP contribution in [0.25, 0.3) is 0 Å². The van der Waals surface area contributed by atoms with Crippen molar-refractivity contribution in [1.82, 2.24) is 4.90 Å². The quantitative estimate of drug-likeness (QED) is 0.859. The van der Waals surface area contributed by atoms with Gasteiger partial charge in [0.2, 0.25) is 11.8 Å². The van der Waals surface area contributed by atoms with Crippen molar-refractivity contribution in [3.8, 4) is 0 Å². The summed E-state index contributed by atoms with van der Waals surface area (Å²) in [7, 11) is 0. The number of hydrogen-bond acceptors (Lipinski definition) is 4. The number of nitrogens with one attached hydrogen (secondary N) is 1. The highest BCUT2D eigenvalue weighted by Gasteiger charge is 2.40. The molecule has 1 aromatic carbocycles. The summed E-state index contributed by atoms with van der Waals surface area (Å²) < 4.78 is 0. The lowest BCUT2D eigenvalue weighted by Gasteiger charge is -2.35. The lowest BCUT2D eigenvalue weighted by atomic mass is 9.85. The zero-order valence-electron chi connectivity index (χ0n) is 15.0. The lowest BCUT2D eigenvalue weighted by molar-refractivity contribution is -0.139. The third-order valence-electron chi connectivity index (χ3n) is 4.84. The van der Waals surface area contributed by atoms with E-state index in [1.165, 1.54) is 0 Å². The fraction of sp³-hybridized carbons (Fsp3) is 0.526. The van der Waals surface area contributed by atoms with Gasteiger partial charge in [-0.05, 0) is 36.0 Å². The Bertz CT molecular complexity index is 684. The van der Waals surface area contributed by atoms with Crippen LogP contribution in [0.5, 0.6) is 0 Å². The zero-order chi connectivity index (χ0) is 18.2. The summed E-state index contributed by atoms with van der Waals surface area (Å²) in [6, 6.07) is 7.27. The molecule has 2 unspecified atom stereocenters. The van der Waals surface area contributed by atoms with Crippen LogP contribution in [0.1, 0.15) is 45.2 Å². The van der Waals surface area contributed by atoms with Crippen molar-refractivity contribution in [3.63, 3.8) is 0 Å². The Labute approximate surface area is 148 Å². The van der Waals surface area contributed by atoms with Gasteiger partial charge in [-0.3, -0.25) is 14.6 Å². The first-order chi connectivity index (χ1) is 11.8. The van der Waals surface area contributed by atoms with Crippen molar-refractivity contribution in [1.29, 1.82) is 0 Å². The molecule has 25 heavy (non-hydrogen) atoms. The zero-order valence-corrected chi connectivity index (χ0v) is 15.0.